The summed E-state index contributed by atoms with van der Waals surface area (Å²) >= 11 is 0. The first-order valence-electron chi connectivity index (χ1n) is 15.3. The zero-order valence-electron chi connectivity index (χ0n) is 22.8. The monoisotopic (exact) mass is 459 g/mol. The van der Waals surface area contributed by atoms with Crippen molar-refractivity contribution in [3.05, 3.63) is 6.17 Å². The molecule has 0 fully saturated rings. The second-order valence-electron chi connectivity index (χ2n) is 10.7. The van der Waals surface area contributed by atoms with E-state index in [4.69, 9.17) is 0 Å². The molecule has 1 heterocycles. The molecule has 0 radical (unpaired) electrons. The quantitative estimate of drug-likeness (QED) is 0.0907. The molecular weight excluding hydrogens is 400 g/mol. The Kier molecular flexibility index (Phi) is 22.3. The van der Waals surface area contributed by atoms with Crippen LogP contribution < -0.4 is 0 Å². The molecule has 0 N–H and O–H groups in total. The van der Waals surface area contributed by atoms with Crippen LogP contribution in [0, 0.1) is 12.1 Å². The fourth-order valence-corrected chi connectivity index (χ4v) is 5.18. The lowest BCUT2D eigenvalue weighted by atomic mass is 9.90. The highest BCUT2D eigenvalue weighted by molar-refractivity contribution is 6.18. The molecule has 192 valence electrons. The minimum Gasteiger partial charge on any atom is -0.0968 e. The average molecular weight is 460 g/mol. The first kappa shape index (κ1) is 30.2. The van der Waals surface area contributed by atoms with Gasteiger partial charge in [0.15, 0.2) is 12.4 Å². The zero-order valence-corrected chi connectivity index (χ0v) is 22.8. The van der Waals surface area contributed by atoms with Gasteiger partial charge in [-0.05, 0) is 18.8 Å². The van der Waals surface area contributed by atoms with Crippen LogP contribution in [0.2, 0.25) is 0 Å². The summed E-state index contributed by atoms with van der Waals surface area (Å²) in [5.41, 5.74) is 0. The third-order valence-corrected chi connectivity index (χ3v) is 7.42. The van der Waals surface area contributed by atoms with Gasteiger partial charge in [-0.15, -0.1) is 0 Å². The SMILES string of the molecule is CCCCCCCCCCCCCCCCCCC(CCCCCCCC)C[C+]1N=CC=N1. The summed E-state index contributed by atoms with van der Waals surface area (Å²) < 4.78 is 0. The van der Waals surface area contributed by atoms with E-state index >= 15 is 0 Å². The number of nitrogens with zero attached hydrogens (tertiary/aromatic N) is 2. The molecule has 0 saturated carbocycles. The number of rotatable bonds is 26. The Hall–Kier alpha value is -0.790. The van der Waals surface area contributed by atoms with Gasteiger partial charge in [0.1, 0.15) is 0 Å². The van der Waals surface area contributed by atoms with E-state index in [1.165, 1.54) is 154 Å². The Morgan fingerprint density at radius 3 is 1.09 bits per heavy atom. The van der Waals surface area contributed by atoms with Crippen LogP contribution in [0.25, 0.3) is 0 Å². The van der Waals surface area contributed by atoms with Gasteiger partial charge in [-0.2, -0.15) is 0 Å². The molecule has 0 aliphatic carbocycles. The van der Waals surface area contributed by atoms with Gasteiger partial charge in [-0.1, -0.05) is 165 Å². The van der Waals surface area contributed by atoms with Gasteiger partial charge >= 0.3 is 0 Å². The minimum atomic E-state index is 0.796. The first-order chi connectivity index (χ1) is 16.4. The topological polar surface area (TPSA) is 24.7 Å². The van der Waals surface area contributed by atoms with Crippen molar-refractivity contribution < 1.29 is 0 Å². The maximum absolute atomic E-state index is 4.44. The lowest BCUT2D eigenvalue weighted by molar-refractivity contribution is 0.384. The van der Waals surface area contributed by atoms with Crippen molar-refractivity contribution in [1.82, 2.24) is 0 Å². The standard InChI is InChI=1S/C31H59N2/c1-3-5-7-9-11-12-13-14-15-16-17-18-19-20-22-24-26-30(29-31-32-27-28-33-31)25-23-21-10-8-6-4-2/h27-28,30H,3-26,29H2,1-2H3/q+1. The molecule has 2 heteroatoms. The van der Waals surface area contributed by atoms with Gasteiger partial charge in [0.2, 0.25) is 6.17 Å². The third-order valence-electron chi connectivity index (χ3n) is 7.42. The van der Waals surface area contributed by atoms with E-state index in [-0.39, 0.29) is 0 Å². The summed E-state index contributed by atoms with van der Waals surface area (Å²) in [6.45, 7) is 4.60. The summed E-state index contributed by atoms with van der Waals surface area (Å²) in [5.74, 6) is 0.796. The lowest BCUT2D eigenvalue weighted by Gasteiger charge is -2.15. The van der Waals surface area contributed by atoms with Crippen LogP contribution in [-0.4, -0.2) is 12.4 Å². The van der Waals surface area contributed by atoms with E-state index in [9.17, 15) is 0 Å². The number of hydrogen-bond acceptors (Lipinski definition) is 2. The molecule has 33 heavy (non-hydrogen) atoms. The molecule has 0 aromatic heterocycles. The molecule has 1 aliphatic heterocycles. The number of hydrogen-bond donors (Lipinski definition) is 0. The van der Waals surface area contributed by atoms with Gasteiger partial charge in [0, 0.05) is 0 Å². The molecule has 0 aromatic carbocycles. The normalized spacial score (nSPS) is 13.9. The van der Waals surface area contributed by atoms with Crippen molar-refractivity contribution in [3.63, 3.8) is 0 Å². The van der Waals surface area contributed by atoms with Crippen molar-refractivity contribution in [2.45, 2.75) is 174 Å². The minimum absolute atomic E-state index is 0.796. The van der Waals surface area contributed by atoms with E-state index in [0.717, 1.165) is 18.5 Å². The van der Waals surface area contributed by atoms with Crippen LogP contribution in [0.4, 0.5) is 0 Å². The van der Waals surface area contributed by atoms with Gasteiger partial charge in [0.25, 0.3) is 0 Å². The smallest absolute Gasteiger partial charge is 0.0968 e. The van der Waals surface area contributed by atoms with Crippen molar-refractivity contribution in [2.75, 3.05) is 0 Å². The average Bonchev–Trinajstić information content (AvgIpc) is 3.34. The fraction of sp³-hybridized carbons (Fsp3) is 0.903. The summed E-state index contributed by atoms with van der Waals surface area (Å²) in [5, 5.41) is 0. The van der Waals surface area contributed by atoms with E-state index in [1.54, 1.807) is 0 Å². The molecule has 1 aliphatic rings. The van der Waals surface area contributed by atoms with Crippen molar-refractivity contribution in [1.29, 1.82) is 0 Å². The van der Waals surface area contributed by atoms with Crippen LogP contribution in [-0.2, 0) is 0 Å². The molecule has 1 unspecified atom stereocenters. The molecule has 1 rings (SSSR count). The predicted molar refractivity (Wildman–Crippen MR) is 150 cm³/mol. The maximum Gasteiger partial charge on any atom is 0.240 e. The predicted octanol–water partition coefficient (Wildman–Crippen LogP) is 11.0. The third kappa shape index (κ3) is 20.3. The van der Waals surface area contributed by atoms with Gasteiger partial charge in [0.05, 0.1) is 6.42 Å². The molecule has 0 aromatic rings. The van der Waals surface area contributed by atoms with Crippen LogP contribution >= 0.6 is 0 Å². The van der Waals surface area contributed by atoms with Crippen LogP contribution in [0.15, 0.2) is 9.98 Å². The van der Waals surface area contributed by atoms with Crippen LogP contribution in [0.5, 0.6) is 0 Å². The number of unbranched alkanes of at least 4 members (excludes halogenated alkanes) is 20. The first-order valence-corrected chi connectivity index (χ1v) is 15.3. The van der Waals surface area contributed by atoms with Crippen molar-refractivity contribution in [3.8, 4) is 0 Å². The summed E-state index contributed by atoms with van der Waals surface area (Å²) in [4.78, 5) is 8.88. The molecule has 2 nitrogen and oxygen atoms in total. The lowest BCUT2D eigenvalue weighted by Crippen LogP contribution is -2.05. The fourth-order valence-electron chi connectivity index (χ4n) is 5.18. The van der Waals surface area contributed by atoms with E-state index in [2.05, 4.69) is 23.8 Å². The Morgan fingerprint density at radius 2 is 0.758 bits per heavy atom. The summed E-state index contributed by atoms with van der Waals surface area (Å²) in [6.07, 6.45) is 40.2. The second-order valence-corrected chi connectivity index (χ2v) is 10.7. The van der Waals surface area contributed by atoms with E-state index < -0.39 is 0 Å². The number of aliphatic imine (C=N–C) groups is 2. The highest BCUT2D eigenvalue weighted by Crippen LogP contribution is 2.28. The molecule has 0 amide bonds. The molecular formula is C31H59N2+. The largest absolute Gasteiger partial charge is 0.240 e. The van der Waals surface area contributed by atoms with Crippen molar-refractivity contribution in [2.24, 2.45) is 15.9 Å². The summed E-state index contributed by atoms with van der Waals surface area (Å²) in [6, 6.07) is 0. The van der Waals surface area contributed by atoms with E-state index in [1.807, 2.05) is 12.4 Å². The Bertz CT molecular complexity index is 430. The molecule has 0 spiro atoms. The molecule has 1 atom stereocenters. The van der Waals surface area contributed by atoms with Gasteiger partial charge < -0.3 is 0 Å². The van der Waals surface area contributed by atoms with Crippen LogP contribution in [0.3, 0.4) is 0 Å². The Balaban J connectivity index is 1.93. The molecule has 0 saturated heterocycles. The van der Waals surface area contributed by atoms with Gasteiger partial charge in [-0.25, -0.2) is 0 Å². The maximum atomic E-state index is 4.44. The second kappa shape index (κ2) is 24.3. The summed E-state index contributed by atoms with van der Waals surface area (Å²) in [7, 11) is 0. The van der Waals surface area contributed by atoms with Gasteiger partial charge in [-0.3, -0.25) is 0 Å². The Morgan fingerprint density at radius 1 is 0.455 bits per heavy atom. The van der Waals surface area contributed by atoms with Crippen molar-refractivity contribution >= 4 is 12.4 Å². The molecule has 0 bridgehead atoms. The highest BCUT2D eigenvalue weighted by atomic mass is 15.0. The van der Waals surface area contributed by atoms with E-state index in [0.29, 0.717) is 0 Å². The Labute approximate surface area is 208 Å². The highest BCUT2D eigenvalue weighted by Gasteiger charge is 2.22. The zero-order chi connectivity index (χ0) is 23.7. The van der Waals surface area contributed by atoms with Crippen LogP contribution in [0.1, 0.15) is 174 Å².